The molecule has 0 radical (unpaired) electrons. The Bertz CT molecular complexity index is 786. The Hall–Kier alpha value is -3.07. The van der Waals surface area contributed by atoms with E-state index in [1.54, 1.807) is 28.8 Å². The van der Waals surface area contributed by atoms with E-state index in [0.717, 1.165) is 0 Å². The van der Waals surface area contributed by atoms with Crippen molar-refractivity contribution in [2.75, 3.05) is 6.54 Å². The number of fused-ring (bicyclic) bond motifs is 3. The van der Waals surface area contributed by atoms with Gasteiger partial charge in [0.15, 0.2) is 5.69 Å². The van der Waals surface area contributed by atoms with Crippen LogP contribution >= 0.6 is 0 Å². The lowest BCUT2D eigenvalue weighted by molar-refractivity contribution is 0.0681. The zero-order chi connectivity index (χ0) is 15.0. The van der Waals surface area contributed by atoms with Crippen LogP contribution in [0.5, 0.6) is 0 Å². The minimum atomic E-state index is -1.13. The summed E-state index contributed by atoms with van der Waals surface area (Å²) in [5, 5.41) is 9.23. The first-order valence-corrected chi connectivity index (χ1v) is 6.25. The average Bonchev–Trinajstić information content (AvgIpc) is 2.85. The first-order chi connectivity index (χ1) is 10.1. The van der Waals surface area contributed by atoms with Crippen molar-refractivity contribution in [2.24, 2.45) is 0 Å². The average molecular weight is 281 g/mol. The number of imidazole rings is 1. The number of hydrogen-bond donors (Lipinski definition) is 1. The third-order valence-electron chi connectivity index (χ3n) is 3.37. The zero-order valence-electron chi connectivity index (χ0n) is 11.0. The molecule has 1 amide bonds. The van der Waals surface area contributed by atoms with Crippen LogP contribution in [-0.4, -0.2) is 38.0 Å². The molecule has 0 bridgehead atoms. The number of terminal acetylenes is 1. The highest BCUT2D eigenvalue weighted by atomic mass is 16.4. The van der Waals surface area contributed by atoms with Crippen molar-refractivity contribution in [1.82, 2.24) is 14.5 Å². The Morgan fingerprint density at radius 1 is 1.43 bits per heavy atom. The maximum atomic E-state index is 12.5. The van der Waals surface area contributed by atoms with Gasteiger partial charge in [-0.2, -0.15) is 0 Å². The van der Waals surface area contributed by atoms with Crippen molar-refractivity contribution in [1.29, 1.82) is 0 Å². The van der Waals surface area contributed by atoms with Crippen LogP contribution in [0.2, 0.25) is 0 Å². The van der Waals surface area contributed by atoms with Crippen molar-refractivity contribution < 1.29 is 14.7 Å². The molecule has 0 aliphatic carbocycles. The van der Waals surface area contributed by atoms with Gasteiger partial charge in [-0.15, -0.1) is 6.42 Å². The molecule has 0 atom stereocenters. The van der Waals surface area contributed by atoms with E-state index < -0.39 is 5.97 Å². The number of rotatable bonds is 2. The van der Waals surface area contributed by atoms with Crippen molar-refractivity contribution in [2.45, 2.75) is 6.54 Å². The van der Waals surface area contributed by atoms with Gasteiger partial charge in [0, 0.05) is 0 Å². The zero-order valence-corrected chi connectivity index (χ0v) is 11.0. The van der Waals surface area contributed by atoms with Crippen molar-refractivity contribution >= 4 is 11.9 Å². The number of hydrogen-bond acceptors (Lipinski definition) is 3. The van der Waals surface area contributed by atoms with Crippen molar-refractivity contribution in [3.63, 3.8) is 0 Å². The van der Waals surface area contributed by atoms with E-state index in [1.807, 2.05) is 0 Å². The fourth-order valence-electron chi connectivity index (χ4n) is 2.44. The normalized spacial score (nSPS) is 13.1. The fourth-order valence-corrected chi connectivity index (χ4v) is 2.44. The van der Waals surface area contributed by atoms with Crippen LogP contribution in [0.4, 0.5) is 0 Å². The minimum Gasteiger partial charge on any atom is -0.476 e. The highest BCUT2D eigenvalue weighted by Gasteiger charge is 2.29. The molecule has 3 rings (SSSR count). The van der Waals surface area contributed by atoms with E-state index in [4.69, 9.17) is 6.42 Å². The van der Waals surface area contributed by atoms with E-state index in [0.29, 0.717) is 16.9 Å². The molecule has 6 nitrogen and oxygen atoms in total. The van der Waals surface area contributed by atoms with E-state index in [2.05, 4.69) is 10.9 Å². The molecule has 1 aliphatic heterocycles. The van der Waals surface area contributed by atoms with Gasteiger partial charge in [-0.05, 0) is 12.1 Å². The molecule has 6 heteroatoms. The molecular formula is C15H11N3O3. The van der Waals surface area contributed by atoms with Gasteiger partial charge in [0.05, 0.1) is 30.0 Å². The summed E-state index contributed by atoms with van der Waals surface area (Å²) in [6.45, 7) is 0.219. The summed E-state index contributed by atoms with van der Waals surface area (Å²) < 4.78 is 1.63. The lowest BCUT2D eigenvalue weighted by atomic mass is 10.1. The standard InChI is InChI=1S/C15H11N3O3/c1-2-7-17-8-12-13(15(20)21)16-9-18(12)11-6-4-3-5-10(11)14(17)19/h1,3-6,9H,7-8H2,(H,20,21). The molecular weight excluding hydrogens is 270 g/mol. The second-order valence-corrected chi connectivity index (χ2v) is 4.60. The molecule has 0 spiro atoms. The van der Waals surface area contributed by atoms with E-state index in [-0.39, 0.29) is 24.7 Å². The van der Waals surface area contributed by atoms with Gasteiger partial charge in [-0.1, -0.05) is 18.1 Å². The van der Waals surface area contributed by atoms with Gasteiger partial charge in [0.1, 0.15) is 6.33 Å². The number of para-hydroxylation sites is 1. The van der Waals surface area contributed by atoms with Crippen LogP contribution in [0.25, 0.3) is 5.69 Å². The van der Waals surface area contributed by atoms with Crippen molar-refractivity contribution in [3.8, 4) is 18.0 Å². The summed E-state index contributed by atoms with van der Waals surface area (Å²) in [5.41, 5.74) is 1.45. The largest absolute Gasteiger partial charge is 0.476 e. The van der Waals surface area contributed by atoms with Crippen LogP contribution in [0, 0.1) is 12.3 Å². The molecule has 1 N–H and O–H groups in total. The second-order valence-electron chi connectivity index (χ2n) is 4.60. The van der Waals surface area contributed by atoms with Crippen molar-refractivity contribution in [3.05, 3.63) is 47.5 Å². The topological polar surface area (TPSA) is 75.4 Å². The Morgan fingerprint density at radius 2 is 2.19 bits per heavy atom. The molecule has 1 aromatic heterocycles. The highest BCUT2D eigenvalue weighted by Crippen LogP contribution is 2.25. The Kier molecular flexibility index (Phi) is 2.95. The molecule has 104 valence electrons. The summed E-state index contributed by atoms with van der Waals surface area (Å²) in [7, 11) is 0. The van der Waals surface area contributed by atoms with Gasteiger partial charge in [0.25, 0.3) is 5.91 Å². The first-order valence-electron chi connectivity index (χ1n) is 6.25. The summed E-state index contributed by atoms with van der Waals surface area (Å²) in [5.74, 6) is 1.08. The lowest BCUT2D eigenvalue weighted by Crippen LogP contribution is -2.30. The minimum absolute atomic E-state index is 0.0680. The fraction of sp³-hybridized carbons (Fsp3) is 0.133. The Labute approximate surface area is 120 Å². The monoisotopic (exact) mass is 281 g/mol. The predicted molar refractivity (Wildman–Crippen MR) is 74.1 cm³/mol. The van der Waals surface area contributed by atoms with Gasteiger partial charge < -0.3 is 10.0 Å². The molecule has 0 saturated carbocycles. The van der Waals surface area contributed by atoms with Gasteiger partial charge in [0.2, 0.25) is 0 Å². The molecule has 1 aromatic carbocycles. The number of carbonyl (C=O) groups is 2. The Morgan fingerprint density at radius 3 is 2.90 bits per heavy atom. The molecule has 0 fully saturated rings. The predicted octanol–water partition coefficient (Wildman–Crippen LogP) is 1.16. The third kappa shape index (κ3) is 1.96. The maximum Gasteiger partial charge on any atom is 0.356 e. The summed E-state index contributed by atoms with van der Waals surface area (Å²) in [4.78, 5) is 29.2. The summed E-state index contributed by atoms with van der Waals surface area (Å²) in [6, 6.07) is 6.98. The number of carboxylic acid groups (broad SMARTS) is 1. The molecule has 21 heavy (non-hydrogen) atoms. The third-order valence-corrected chi connectivity index (χ3v) is 3.37. The second kappa shape index (κ2) is 4.80. The molecule has 0 saturated heterocycles. The number of carbonyl (C=O) groups excluding carboxylic acids is 1. The quantitative estimate of drug-likeness (QED) is 0.838. The highest BCUT2D eigenvalue weighted by molar-refractivity contribution is 5.99. The number of nitrogens with zero attached hydrogens (tertiary/aromatic N) is 3. The SMILES string of the molecule is C#CCN1Cc2c(C(=O)O)ncn2-c2ccccc2C1=O. The number of amides is 1. The van der Waals surface area contributed by atoms with Crippen LogP contribution in [0.1, 0.15) is 26.5 Å². The van der Waals surface area contributed by atoms with Crippen LogP contribution in [0.15, 0.2) is 30.6 Å². The first kappa shape index (κ1) is 12.9. The van der Waals surface area contributed by atoms with Crippen LogP contribution in [-0.2, 0) is 6.54 Å². The molecule has 2 aromatic rings. The van der Waals surface area contributed by atoms with Crippen LogP contribution in [0.3, 0.4) is 0 Å². The van der Waals surface area contributed by atoms with Gasteiger partial charge in [-0.3, -0.25) is 9.36 Å². The van der Waals surface area contributed by atoms with E-state index >= 15 is 0 Å². The lowest BCUT2D eigenvalue weighted by Gasteiger charge is -2.17. The number of aromatic carboxylic acids is 1. The Balaban J connectivity index is 2.26. The summed E-state index contributed by atoms with van der Waals surface area (Å²) in [6.07, 6.45) is 6.72. The number of aromatic nitrogens is 2. The summed E-state index contributed by atoms with van der Waals surface area (Å²) >= 11 is 0. The van der Waals surface area contributed by atoms with Crippen LogP contribution < -0.4 is 0 Å². The maximum absolute atomic E-state index is 12.5. The van der Waals surface area contributed by atoms with E-state index in [9.17, 15) is 14.7 Å². The molecule has 1 aliphatic rings. The molecule has 0 unspecified atom stereocenters. The van der Waals surface area contributed by atoms with Gasteiger partial charge in [-0.25, -0.2) is 9.78 Å². The smallest absolute Gasteiger partial charge is 0.356 e. The number of benzene rings is 1. The van der Waals surface area contributed by atoms with E-state index in [1.165, 1.54) is 11.2 Å². The molecule has 2 heterocycles. The number of carboxylic acids is 1. The van der Waals surface area contributed by atoms with Gasteiger partial charge >= 0.3 is 5.97 Å².